The van der Waals surface area contributed by atoms with Crippen LogP contribution in [0.2, 0.25) is 4.34 Å². The molecular weight excluding hydrogens is 258 g/mol. The molecule has 1 aliphatic rings. The topological polar surface area (TPSA) is 29.5 Å². The summed E-state index contributed by atoms with van der Waals surface area (Å²) in [6, 6.07) is 3.94. The lowest BCUT2D eigenvalue weighted by molar-refractivity contribution is -0.117. The van der Waals surface area contributed by atoms with Gasteiger partial charge < -0.3 is 14.4 Å². The van der Waals surface area contributed by atoms with E-state index in [1.54, 1.807) is 11.3 Å². The minimum Gasteiger partial charge on any atom is -0.380 e. The first kappa shape index (κ1) is 13.0. The zero-order chi connectivity index (χ0) is 12.3. The van der Waals surface area contributed by atoms with E-state index in [-0.39, 0.29) is 5.41 Å². The minimum absolute atomic E-state index is 0.310. The fourth-order valence-electron chi connectivity index (χ4n) is 2.17. The highest BCUT2D eigenvalue weighted by Gasteiger charge is 2.35. The minimum atomic E-state index is -0.310. The van der Waals surface area contributed by atoms with Crippen molar-refractivity contribution in [2.45, 2.75) is 13.0 Å². The van der Waals surface area contributed by atoms with Crippen molar-refractivity contribution in [1.29, 1.82) is 0 Å². The average molecular weight is 274 g/mol. The van der Waals surface area contributed by atoms with Crippen LogP contribution in [0.1, 0.15) is 11.3 Å². The van der Waals surface area contributed by atoms with Crippen LogP contribution >= 0.6 is 22.9 Å². The van der Waals surface area contributed by atoms with Crippen LogP contribution in [0.3, 0.4) is 0 Å². The molecule has 1 unspecified atom stereocenters. The Morgan fingerprint density at radius 1 is 1.65 bits per heavy atom. The first-order valence-electron chi connectivity index (χ1n) is 5.60. The summed E-state index contributed by atoms with van der Waals surface area (Å²) in [6.07, 6.45) is 1.88. The van der Waals surface area contributed by atoms with Crippen molar-refractivity contribution in [3.63, 3.8) is 0 Å². The Balaban J connectivity index is 1.92. The summed E-state index contributed by atoms with van der Waals surface area (Å²) < 4.78 is 6.14. The van der Waals surface area contributed by atoms with Gasteiger partial charge in [-0.25, -0.2) is 0 Å². The van der Waals surface area contributed by atoms with E-state index in [1.165, 1.54) is 4.88 Å². The highest BCUT2D eigenvalue weighted by atomic mass is 35.5. The molecule has 1 aromatic heterocycles. The Labute approximate surface area is 110 Å². The van der Waals surface area contributed by atoms with E-state index >= 15 is 0 Å². The van der Waals surface area contributed by atoms with Gasteiger partial charge >= 0.3 is 0 Å². The number of carbonyl (C=O) groups excluding carboxylic acids is 1. The monoisotopic (exact) mass is 273 g/mol. The number of hydrogen-bond donors (Lipinski definition) is 0. The normalized spacial score (nSPS) is 24.4. The van der Waals surface area contributed by atoms with Gasteiger partial charge in [0.25, 0.3) is 0 Å². The molecule has 1 aliphatic heterocycles. The van der Waals surface area contributed by atoms with Crippen LogP contribution in [0.25, 0.3) is 0 Å². The highest BCUT2D eigenvalue weighted by Crippen LogP contribution is 2.28. The Morgan fingerprint density at radius 2 is 2.47 bits per heavy atom. The molecule has 0 aromatic carbocycles. The standard InChI is InChI=1S/C12H16ClNO2S/c1-14(6-10-2-3-11(13)17-10)7-12(8-15)4-5-16-9-12/h2-3,8H,4-7,9H2,1H3. The third kappa shape index (κ3) is 3.28. The number of thiophene rings is 1. The summed E-state index contributed by atoms with van der Waals surface area (Å²) >= 11 is 7.48. The summed E-state index contributed by atoms with van der Waals surface area (Å²) in [5.74, 6) is 0. The quantitative estimate of drug-likeness (QED) is 0.772. The van der Waals surface area contributed by atoms with Crippen molar-refractivity contribution in [2.24, 2.45) is 5.41 Å². The Kier molecular flexibility index (Phi) is 4.20. The van der Waals surface area contributed by atoms with Crippen molar-refractivity contribution in [1.82, 2.24) is 4.90 Å². The molecule has 0 saturated carbocycles. The molecule has 0 aliphatic carbocycles. The summed E-state index contributed by atoms with van der Waals surface area (Å²) in [5, 5.41) is 0. The van der Waals surface area contributed by atoms with Crippen LogP contribution in [0, 0.1) is 5.41 Å². The van der Waals surface area contributed by atoms with E-state index < -0.39 is 0 Å². The Morgan fingerprint density at radius 3 is 3.00 bits per heavy atom. The molecule has 0 bridgehead atoms. The molecule has 5 heteroatoms. The van der Waals surface area contributed by atoms with E-state index in [0.29, 0.717) is 13.2 Å². The van der Waals surface area contributed by atoms with Crippen LogP contribution in [0.5, 0.6) is 0 Å². The fourth-order valence-corrected chi connectivity index (χ4v) is 3.34. The van der Waals surface area contributed by atoms with Gasteiger partial charge in [0.2, 0.25) is 0 Å². The zero-order valence-electron chi connectivity index (χ0n) is 9.82. The first-order valence-corrected chi connectivity index (χ1v) is 6.80. The molecule has 0 spiro atoms. The van der Waals surface area contributed by atoms with E-state index in [9.17, 15) is 4.79 Å². The number of carbonyl (C=O) groups is 1. The van der Waals surface area contributed by atoms with Gasteiger partial charge in [0.15, 0.2) is 0 Å². The average Bonchev–Trinajstić information content (AvgIpc) is 2.89. The lowest BCUT2D eigenvalue weighted by Crippen LogP contribution is -2.37. The maximum atomic E-state index is 11.2. The molecule has 2 heterocycles. The van der Waals surface area contributed by atoms with Crippen LogP contribution in [0.15, 0.2) is 12.1 Å². The van der Waals surface area contributed by atoms with Gasteiger partial charge in [-0.05, 0) is 25.6 Å². The van der Waals surface area contributed by atoms with Crippen LogP contribution in [-0.4, -0.2) is 38.0 Å². The number of halogens is 1. The van der Waals surface area contributed by atoms with Gasteiger partial charge in [-0.3, -0.25) is 0 Å². The molecular formula is C12H16ClNO2S. The molecule has 1 saturated heterocycles. The second kappa shape index (κ2) is 5.48. The van der Waals surface area contributed by atoms with Crippen LogP contribution in [0.4, 0.5) is 0 Å². The van der Waals surface area contributed by atoms with Gasteiger partial charge in [-0.15, -0.1) is 11.3 Å². The van der Waals surface area contributed by atoms with Crippen molar-refractivity contribution < 1.29 is 9.53 Å². The van der Waals surface area contributed by atoms with Crippen LogP contribution in [-0.2, 0) is 16.1 Å². The van der Waals surface area contributed by atoms with E-state index in [4.69, 9.17) is 16.3 Å². The number of nitrogens with zero attached hydrogens (tertiary/aromatic N) is 1. The van der Waals surface area contributed by atoms with Crippen LogP contribution < -0.4 is 0 Å². The molecule has 0 amide bonds. The zero-order valence-corrected chi connectivity index (χ0v) is 11.4. The third-order valence-electron chi connectivity index (χ3n) is 3.02. The second-order valence-corrected chi connectivity index (χ2v) is 6.46. The lowest BCUT2D eigenvalue weighted by atomic mass is 9.89. The molecule has 17 heavy (non-hydrogen) atoms. The largest absolute Gasteiger partial charge is 0.380 e. The summed E-state index contributed by atoms with van der Waals surface area (Å²) in [5.41, 5.74) is -0.310. The number of hydrogen-bond acceptors (Lipinski definition) is 4. The van der Waals surface area contributed by atoms with Crippen molar-refractivity contribution in [2.75, 3.05) is 26.8 Å². The van der Waals surface area contributed by atoms with Gasteiger partial charge in [0.05, 0.1) is 16.4 Å². The summed E-state index contributed by atoms with van der Waals surface area (Å²) in [6.45, 7) is 2.81. The highest BCUT2D eigenvalue weighted by molar-refractivity contribution is 7.16. The Hall–Kier alpha value is -0.420. The van der Waals surface area contributed by atoms with Gasteiger partial charge in [0, 0.05) is 24.6 Å². The predicted molar refractivity (Wildman–Crippen MR) is 69.6 cm³/mol. The fraction of sp³-hybridized carbons (Fsp3) is 0.583. The molecule has 94 valence electrons. The van der Waals surface area contributed by atoms with Crippen molar-refractivity contribution >= 4 is 29.2 Å². The smallest absolute Gasteiger partial charge is 0.129 e. The van der Waals surface area contributed by atoms with Crippen molar-refractivity contribution in [3.05, 3.63) is 21.3 Å². The number of aldehydes is 1. The van der Waals surface area contributed by atoms with E-state index in [1.807, 2.05) is 19.2 Å². The SMILES string of the molecule is CN(Cc1ccc(Cl)s1)CC1(C=O)CCOC1. The lowest BCUT2D eigenvalue weighted by Gasteiger charge is -2.26. The molecule has 3 nitrogen and oxygen atoms in total. The summed E-state index contributed by atoms with van der Waals surface area (Å²) in [4.78, 5) is 14.6. The van der Waals surface area contributed by atoms with E-state index in [2.05, 4.69) is 4.90 Å². The number of rotatable bonds is 5. The van der Waals surface area contributed by atoms with Gasteiger partial charge in [-0.1, -0.05) is 11.6 Å². The summed E-state index contributed by atoms with van der Waals surface area (Å²) in [7, 11) is 2.02. The van der Waals surface area contributed by atoms with Crippen molar-refractivity contribution in [3.8, 4) is 0 Å². The molecule has 0 radical (unpaired) electrons. The molecule has 1 atom stereocenters. The number of ether oxygens (including phenoxy) is 1. The molecule has 0 N–H and O–H groups in total. The Bertz CT molecular complexity index is 388. The van der Waals surface area contributed by atoms with E-state index in [0.717, 1.165) is 30.1 Å². The first-order chi connectivity index (χ1) is 8.13. The molecule has 1 fully saturated rings. The molecule has 1 aromatic rings. The maximum Gasteiger partial charge on any atom is 0.129 e. The second-order valence-electron chi connectivity index (χ2n) is 4.66. The van der Waals surface area contributed by atoms with Gasteiger partial charge in [0.1, 0.15) is 6.29 Å². The van der Waals surface area contributed by atoms with Gasteiger partial charge in [-0.2, -0.15) is 0 Å². The maximum absolute atomic E-state index is 11.2. The third-order valence-corrected chi connectivity index (χ3v) is 4.24. The molecule has 2 rings (SSSR count). The predicted octanol–water partition coefficient (Wildman–Crippen LogP) is 2.44.